The molecule has 0 saturated carbocycles. The zero-order chi connectivity index (χ0) is 20.2. The number of nitrogens with one attached hydrogen (secondary N) is 1. The Morgan fingerprint density at radius 3 is 2.74 bits per heavy atom. The average Bonchev–Trinajstić information content (AvgIpc) is 2.64. The van der Waals surface area contributed by atoms with Gasteiger partial charge in [-0.2, -0.15) is 0 Å². The minimum absolute atomic E-state index is 0.249. The molecule has 1 aliphatic heterocycles. The molecule has 3 N–H and O–H groups in total. The van der Waals surface area contributed by atoms with Gasteiger partial charge in [0.25, 0.3) is 0 Å². The summed E-state index contributed by atoms with van der Waals surface area (Å²) in [5.74, 6) is 5.56. The van der Waals surface area contributed by atoms with Crippen molar-refractivity contribution in [2.24, 2.45) is 5.73 Å². The average molecular weight is 375 g/mol. The van der Waals surface area contributed by atoms with Crippen molar-refractivity contribution in [3.05, 3.63) is 22.8 Å². The summed E-state index contributed by atoms with van der Waals surface area (Å²) in [5.41, 5.74) is 7.45. The van der Waals surface area contributed by atoms with Gasteiger partial charge in [-0.05, 0) is 32.9 Å². The quantitative estimate of drug-likeness (QED) is 0.152. The van der Waals surface area contributed by atoms with Crippen LogP contribution >= 0.6 is 0 Å². The molecule has 7 heteroatoms. The van der Waals surface area contributed by atoms with Crippen LogP contribution in [0.5, 0.6) is 0 Å². The number of nitrogens with two attached hydrogens (primary N) is 1. The Hall–Kier alpha value is -2.27. The molecular formula is C20H29N3O4. The minimum Gasteiger partial charge on any atom is -0.379 e. The molecule has 0 aromatic heterocycles. The van der Waals surface area contributed by atoms with Crippen molar-refractivity contribution in [1.82, 2.24) is 10.2 Å². The highest BCUT2D eigenvalue weighted by Gasteiger charge is 2.30. The zero-order valence-corrected chi connectivity index (χ0v) is 16.3. The van der Waals surface area contributed by atoms with Crippen LogP contribution < -0.4 is 11.1 Å². The predicted octanol–water partition coefficient (Wildman–Crippen LogP) is 0.554. The van der Waals surface area contributed by atoms with Gasteiger partial charge in [0.1, 0.15) is 6.29 Å². The lowest BCUT2D eigenvalue weighted by Gasteiger charge is -2.30. The van der Waals surface area contributed by atoms with Crippen LogP contribution in [0.1, 0.15) is 33.1 Å². The van der Waals surface area contributed by atoms with E-state index in [4.69, 9.17) is 10.5 Å². The number of carbonyl (C=O) groups is 3. The molecule has 0 aromatic carbocycles. The van der Waals surface area contributed by atoms with E-state index >= 15 is 0 Å². The van der Waals surface area contributed by atoms with Gasteiger partial charge in [-0.1, -0.05) is 17.9 Å². The van der Waals surface area contributed by atoms with E-state index in [-0.39, 0.29) is 11.8 Å². The number of ether oxygens (including phenoxy) is 1. The van der Waals surface area contributed by atoms with Crippen LogP contribution in [-0.2, 0) is 19.1 Å². The van der Waals surface area contributed by atoms with Crippen molar-refractivity contribution in [1.29, 1.82) is 0 Å². The Kier molecular flexibility index (Phi) is 10.3. The van der Waals surface area contributed by atoms with E-state index in [0.29, 0.717) is 51.1 Å². The monoisotopic (exact) mass is 375 g/mol. The van der Waals surface area contributed by atoms with Crippen LogP contribution in [0.3, 0.4) is 0 Å². The van der Waals surface area contributed by atoms with Crippen LogP contribution in [0.4, 0.5) is 0 Å². The SMILES string of the molecule is C/C=C(C=O)\C(CN(C)C1CCC(=O)NC1=O)=C(/C)C#CCCOCCN. The maximum absolute atomic E-state index is 12.1. The number of hydrogen-bond donors (Lipinski definition) is 2. The second-order valence-electron chi connectivity index (χ2n) is 6.30. The number of hydrogen-bond acceptors (Lipinski definition) is 6. The summed E-state index contributed by atoms with van der Waals surface area (Å²) in [6.45, 7) is 5.52. The fourth-order valence-corrected chi connectivity index (χ4v) is 2.78. The number of amides is 2. The first kappa shape index (κ1) is 22.8. The number of nitrogens with zero attached hydrogens (tertiary/aromatic N) is 1. The number of rotatable bonds is 9. The molecule has 1 atom stereocenters. The summed E-state index contributed by atoms with van der Waals surface area (Å²) in [4.78, 5) is 36.7. The molecule has 0 aromatic rings. The third-order valence-corrected chi connectivity index (χ3v) is 4.30. The summed E-state index contributed by atoms with van der Waals surface area (Å²) in [7, 11) is 1.81. The number of allylic oxidation sites excluding steroid dienone is 2. The number of imide groups is 1. The van der Waals surface area contributed by atoms with Crippen molar-refractivity contribution < 1.29 is 19.1 Å². The molecule has 1 saturated heterocycles. The smallest absolute Gasteiger partial charge is 0.243 e. The number of carbonyl (C=O) groups excluding carboxylic acids is 3. The van der Waals surface area contributed by atoms with Gasteiger partial charge in [-0.25, -0.2) is 0 Å². The van der Waals surface area contributed by atoms with E-state index in [9.17, 15) is 14.4 Å². The van der Waals surface area contributed by atoms with Crippen LogP contribution in [0.25, 0.3) is 0 Å². The second-order valence-corrected chi connectivity index (χ2v) is 6.30. The summed E-state index contributed by atoms with van der Waals surface area (Å²) in [6.07, 6.45) is 3.87. The van der Waals surface area contributed by atoms with Gasteiger partial charge in [0.05, 0.1) is 19.3 Å². The molecule has 0 aliphatic carbocycles. The third-order valence-electron chi connectivity index (χ3n) is 4.30. The van der Waals surface area contributed by atoms with Crippen LogP contribution in [-0.4, -0.2) is 62.4 Å². The summed E-state index contributed by atoms with van der Waals surface area (Å²) in [5, 5.41) is 2.36. The second kappa shape index (κ2) is 12.2. The molecule has 0 spiro atoms. The van der Waals surface area contributed by atoms with E-state index in [1.54, 1.807) is 20.0 Å². The van der Waals surface area contributed by atoms with Gasteiger partial charge in [0.2, 0.25) is 11.8 Å². The number of aldehydes is 1. The molecule has 27 heavy (non-hydrogen) atoms. The van der Waals surface area contributed by atoms with E-state index in [1.165, 1.54) is 0 Å². The molecule has 1 heterocycles. The first-order valence-corrected chi connectivity index (χ1v) is 9.06. The molecule has 7 nitrogen and oxygen atoms in total. The Bertz CT molecular complexity index is 670. The van der Waals surface area contributed by atoms with Crippen LogP contribution in [0.15, 0.2) is 22.8 Å². The fourth-order valence-electron chi connectivity index (χ4n) is 2.78. The molecule has 0 bridgehead atoms. The summed E-state index contributed by atoms with van der Waals surface area (Å²) in [6, 6.07) is -0.409. The summed E-state index contributed by atoms with van der Waals surface area (Å²) >= 11 is 0. The molecule has 148 valence electrons. The Morgan fingerprint density at radius 2 is 2.15 bits per heavy atom. The molecule has 2 amide bonds. The van der Waals surface area contributed by atoms with E-state index in [1.807, 2.05) is 11.8 Å². The van der Waals surface area contributed by atoms with Crippen molar-refractivity contribution >= 4 is 18.1 Å². The number of piperidine rings is 1. The lowest BCUT2D eigenvalue weighted by atomic mass is 9.98. The molecule has 1 aliphatic rings. The zero-order valence-electron chi connectivity index (χ0n) is 16.3. The molecule has 0 radical (unpaired) electrons. The van der Waals surface area contributed by atoms with Gasteiger partial charge in [0.15, 0.2) is 0 Å². The standard InChI is InChI=1S/C20H29N3O4/c1-4-16(14-24)17(15(2)7-5-6-11-27-12-10-21)13-23(3)18-8-9-19(25)22-20(18)26/h4,14,18H,6,8-13,21H2,1-3H3,(H,22,25,26)/b16-4-,17-15+. The highest BCUT2D eigenvalue weighted by atomic mass is 16.5. The van der Waals surface area contributed by atoms with Crippen molar-refractivity contribution in [2.75, 3.05) is 33.4 Å². The van der Waals surface area contributed by atoms with E-state index in [0.717, 1.165) is 17.4 Å². The Labute approximate surface area is 161 Å². The van der Waals surface area contributed by atoms with Gasteiger partial charge >= 0.3 is 0 Å². The molecule has 1 unspecified atom stereocenters. The Morgan fingerprint density at radius 1 is 1.41 bits per heavy atom. The van der Waals surface area contributed by atoms with Crippen LogP contribution in [0, 0.1) is 11.8 Å². The topological polar surface area (TPSA) is 102 Å². The maximum Gasteiger partial charge on any atom is 0.243 e. The van der Waals surface area contributed by atoms with E-state index < -0.39 is 6.04 Å². The first-order valence-electron chi connectivity index (χ1n) is 9.06. The van der Waals surface area contributed by atoms with Gasteiger partial charge in [-0.15, -0.1) is 0 Å². The van der Waals surface area contributed by atoms with Crippen molar-refractivity contribution in [2.45, 2.75) is 39.2 Å². The Balaban J connectivity index is 2.90. The lowest BCUT2D eigenvalue weighted by Crippen LogP contribution is -2.51. The van der Waals surface area contributed by atoms with Crippen molar-refractivity contribution in [3.8, 4) is 11.8 Å². The van der Waals surface area contributed by atoms with E-state index in [2.05, 4.69) is 17.2 Å². The normalized spacial score (nSPS) is 18.6. The predicted molar refractivity (Wildman–Crippen MR) is 104 cm³/mol. The molecule has 1 rings (SSSR count). The van der Waals surface area contributed by atoms with Crippen LogP contribution in [0.2, 0.25) is 0 Å². The highest BCUT2D eigenvalue weighted by molar-refractivity contribution is 6.00. The third kappa shape index (κ3) is 7.47. The summed E-state index contributed by atoms with van der Waals surface area (Å²) < 4.78 is 5.29. The van der Waals surface area contributed by atoms with Gasteiger partial charge < -0.3 is 10.5 Å². The highest BCUT2D eigenvalue weighted by Crippen LogP contribution is 2.18. The molecular weight excluding hydrogens is 346 g/mol. The lowest BCUT2D eigenvalue weighted by molar-refractivity contribution is -0.137. The maximum atomic E-state index is 12.1. The molecule has 1 fully saturated rings. The first-order chi connectivity index (χ1) is 12.9. The minimum atomic E-state index is -0.409. The fraction of sp³-hybridized carbons (Fsp3) is 0.550. The largest absolute Gasteiger partial charge is 0.379 e. The van der Waals surface area contributed by atoms with Gasteiger partial charge in [-0.3, -0.25) is 24.6 Å². The van der Waals surface area contributed by atoms with Gasteiger partial charge in [0, 0.05) is 37.1 Å². The van der Waals surface area contributed by atoms with Crippen molar-refractivity contribution in [3.63, 3.8) is 0 Å². The number of likely N-dealkylation sites (N-methyl/N-ethyl adjacent to an activating group) is 1.